The van der Waals surface area contributed by atoms with Crippen molar-refractivity contribution in [2.75, 3.05) is 0 Å². The first-order chi connectivity index (χ1) is 9.26. The molecule has 19 heavy (non-hydrogen) atoms. The summed E-state index contributed by atoms with van der Waals surface area (Å²) < 4.78 is 14.1. The largest absolute Gasteiger partial charge is 0.311 e. The van der Waals surface area contributed by atoms with Crippen LogP contribution in [-0.4, -0.2) is 17.1 Å². The number of aromatic nitrogens is 1. The number of fused-ring (bicyclic) bond motifs is 3. The molecular weight excluding hydrogens is 259 g/mol. The van der Waals surface area contributed by atoms with Crippen LogP contribution in [0.4, 0.5) is 4.39 Å². The van der Waals surface area contributed by atoms with E-state index >= 15 is 0 Å². The Kier molecular flexibility index (Phi) is 2.81. The van der Waals surface area contributed by atoms with Crippen LogP contribution in [0.5, 0.6) is 0 Å². The molecule has 2 saturated heterocycles. The van der Waals surface area contributed by atoms with Crippen LogP contribution in [0.2, 0.25) is 0 Å². The number of aryl methyl sites for hydroxylation is 1. The van der Waals surface area contributed by atoms with Gasteiger partial charge in [0, 0.05) is 18.5 Å². The lowest BCUT2D eigenvalue weighted by molar-refractivity contribution is 0.113. The Labute approximate surface area is 116 Å². The lowest BCUT2D eigenvalue weighted by Crippen LogP contribution is -2.54. The predicted molar refractivity (Wildman–Crippen MR) is 76.0 cm³/mol. The van der Waals surface area contributed by atoms with Crippen LogP contribution >= 0.6 is 11.3 Å². The van der Waals surface area contributed by atoms with Crippen molar-refractivity contribution in [3.63, 3.8) is 0 Å². The van der Waals surface area contributed by atoms with Crippen molar-refractivity contribution in [3.05, 3.63) is 29.0 Å². The van der Waals surface area contributed by atoms with Crippen LogP contribution in [0, 0.1) is 11.7 Å². The van der Waals surface area contributed by atoms with Crippen molar-refractivity contribution < 1.29 is 4.39 Å². The van der Waals surface area contributed by atoms with E-state index in [0.29, 0.717) is 6.04 Å². The van der Waals surface area contributed by atoms with Gasteiger partial charge in [0.05, 0.1) is 15.2 Å². The molecule has 3 aliphatic rings. The van der Waals surface area contributed by atoms with Gasteiger partial charge in [-0.3, -0.25) is 0 Å². The van der Waals surface area contributed by atoms with E-state index in [1.165, 1.54) is 25.3 Å². The third-order valence-electron chi connectivity index (χ3n) is 4.43. The van der Waals surface area contributed by atoms with E-state index in [1.54, 1.807) is 23.5 Å². The number of hydrogen-bond acceptors (Lipinski definition) is 3. The molecule has 2 nitrogen and oxygen atoms in total. The number of nitrogens with one attached hydrogen (secondary N) is 1. The van der Waals surface area contributed by atoms with Crippen LogP contribution in [0.3, 0.4) is 0 Å². The molecule has 2 aliphatic heterocycles. The quantitative estimate of drug-likeness (QED) is 0.928. The molecule has 1 aromatic heterocycles. The molecule has 1 unspecified atom stereocenters. The summed E-state index contributed by atoms with van der Waals surface area (Å²) in [6, 6.07) is 6.31. The molecule has 3 fully saturated rings. The number of hydrogen-bond donors (Lipinski definition) is 1. The van der Waals surface area contributed by atoms with Gasteiger partial charge < -0.3 is 5.32 Å². The normalized spacial score (nSPS) is 29.4. The molecule has 1 aliphatic carbocycles. The maximum Gasteiger partial charge on any atom is 0.124 e. The van der Waals surface area contributed by atoms with Crippen LogP contribution in [0.25, 0.3) is 10.2 Å². The molecule has 1 saturated carbocycles. The highest BCUT2D eigenvalue weighted by molar-refractivity contribution is 7.18. The first kappa shape index (κ1) is 11.8. The highest BCUT2D eigenvalue weighted by atomic mass is 32.1. The zero-order valence-electron chi connectivity index (χ0n) is 10.7. The van der Waals surface area contributed by atoms with Gasteiger partial charge in [0.25, 0.3) is 0 Å². The van der Waals surface area contributed by atoms with Gasteiger partial charge in [-0.2, -0.15) is 0 Å². The fourth-order valence-corrected chi connectivity index (χ4v) is 4.43. The van der Waals surface area contributed by atoms with Gasteiger partial charge in [-0.1, -0.05) is 0 Å². The van der Waals surface area contributed by atoms with E-state index in [1.807, 2.05) is 0 Å². The maximum absolute atomic E-state index is 13.1. The molecule has 5 rings (SSSR count). The standard InChI is InChI=1S/C15H17FN2S/c16-10-1-3-13-14(8-10)19-15(18-13)4-2-11-5-9-6-12(7-9)17-11/h1,3,8-9,11-12,17H,2,4-7H2. The molecule has 0 amide bonds. The minimum Gasteiger partial charge on any atom is -0.311 e. The molecule has 2 aromatic rings. The van der Waals surface area contributed by atoms with Crippen molar-refractivity contribution in [1.29, 1.82) is 0 Å². The Bertz CT molecular complexity index is 593. The number of halogens is 1. The Balaban J connectivity index is 1.43. The lowest BCUT2D eigenvalue weighted by atomic mass is 9.71. The summed E-state index contributed by atoms with van der Waals surface area (Å²) in [7, 11) is 0. The minimum absolute atomic E-state index is 0.170. The third-order valence-corrected chi connectivity index (χ3v) is 5.50. The van der Waals surface area contributed by atoms with Gasteiger partial charge in [-0.05, 0) is 49.8 Å². The Morgan fingerprint density at radius 1 is 1.32 bits per heavy atom. The van der Waals surface area contributed by atoms with E-state index in [9.17, 15) is 4.39 Å². The molecule has 0 spiro atoms. The van der Waals surface area contributed by atoms with Gasteiger partial charge in [0.2, 0.25) is 0 Å². The smallest absolute Gasteiger partial charge is 0.124 e. The molecule has 100 valence electrons. The fraction of sp³-hybridized carbons (Fsp3) is 0.533. The van der Waals surface area contributed by atoms with E-state index in [-0.39, 0.29) is 5.82 Å². The average Bonchev–Trinajstić information content (AvgIpc) is 2.78. The number of nitrogens with zero attached hydrogens (tertiary/aromatic N) is 1. The topological polar surface area (TPSA) is 24.9 Å². The minimum atomic E-state index is -0.170. The highest BCUT2D eigenvalue weighted by Crippen LogP contribution is 2.37. The molecule has 0 radical (unpaired) electrons. The summed E-state index contributed by atoms with van der Waals surface area (Å²) in [4.78, 5) is 4.59. The monoisotopic (exact) mass is 276 g/mol. The SMILES string of the molecule is Fc1ccc2nc(CCC3CC4CC(C4)N3)sc2c1. The molecular formula is C15H17FN2S. The van der Waals surface area contributed by atoms with Gasteiger partial charge in [-0.15, -0.1) is 11.3 Å². The fourth-order valence-electron chi connectivity index (χ4n) is 3.42. The van der Waals surface area contributed by atoms with Gasteiger partial charge >= 0.3 is 0 Å². The van der Waals surface area contributed by atoms with Crippen LogP contribution < -0.4 is 5.32 Å². The van der Waals surface area contributed by atoms with Crippen molar-refractivity contribution in [2.45, 2.75) is 44.2 Å². The van der Waals surface area contributed by atoms with Crippen molar-refractivity contribution in [3.8, 4) is 0 Å². The van der Waals surface area contributed by atoms with E-state index in [4.69, 9.17) is 0 Å². The van der Waals surface area contributed by atoms with Crippen LogP contribution in [0.15, 0.2) is 18.2 Å². The van der Waals surface area contributed by atoms with Crippen LogP contribution in [0.1, 0.15) is 30.7 Å². The first-order valence-electron chi connectivity index (χ1n) is 7.07. The van der Waals surface area contributed by atoms with Crippen molar-refractivity contribution in [2.24, 2.45) is 5.92 Å². The predicted octanol–water partition coefficient (Wildman–Crippen LogP) is 3.51. The van der Waals surface area contributed by atoms with E-state index in [0.717, 1.165) is 40.0 Å². The number of piperidine rings is 2. The summed E-state index contributed by atoms with van der Waals surface area (Å²) in [6.45, 7) is 0. The first-order valence-corrected chi connectivity index (χ1v) is 7.89. The summed E-state index contributed by atoms with van der Waals surface area (Å²) >= 11 is 1.63. The second-order valence-corrected chi connectivity index (χ2v) is 7.01. The molecule has 1 aromatic carbocycles. The zero-order valence-corrected chi connectivity index (χ0v) is 11.5. The van der Waals surface area contributed by atoms with E-state index in [2.05, 4.69) is 10.3 Å². The highest BCUT2D eigenvalue weighted by Gasteiger charge is 2.37. The molecule has 3 heterocycles. The second kappa shape index (κ2) is 4.53. The van der Waals surface area contributed by atoms with Gasteiger partial charge in [-0.25, -0.2) is 9.37 Å². The number of rotatable bonds is 3. The second-order valence-electron chi connectivity index (χ2n) is 5.89. The summed E-state index contributed by atoms with van der Waals surface area (Å²) in [6.07, 6.45) is 6.28. The summed E-state index contributed by atoms with van der Waals surface area (Å²) in [5, 5.41) is 4.85. The Hall–Kier alpha value is -1.00. The summed E-state index contributed by atoms with van der Waals surface area (Å²) in [5.74, 6) is 0.803. The Morgan fingerprint density at radius 2 is 2.21 bits per heavy atom. The Morgan fingerprint density at radius 3 is 3.00 bits per heavy atom. The van der Waals surface area contributed by atoms with Crippen molar-refractivity contribution >= 4 is 21.6 Å². The van der Waals surface area contributed by atoms with Crippen LogP contribution in [-0.2, 0) is 6.42 Å². The van der Waals surface area contributed by atoms with Gasteiger partial charge in [0.15, 0.2) is 0 Å². The zero-order chi connectivity index (χ0) is 12.8. The number of thiazole rings is 1. The van der Waals surface area contributed by atoms with Crippen molar-refractivity contribution in [1.82, 2.24) is 10.3 Å². The molecule has 4 heteroatoms. The third kappa shape index (κ3) is 2.28. The number of benzene rings is 1. The molecule has 1 atom stereocenters. The lowest BCUT2D eigenvalue weighted by Gasteiger charge is -2.46. The molecule has 1 N–H and O–H groups in total. The summed E-state index contributed by atoms with van der Waals surface area (Å²) in [5.41, 5.74) is 0.931. The molecule has 2 bridgehead atoms. The van der Waals surface area contributed by atoms with Gasteiger partial charge in [0.1, 0.15) is 5.82 Å². The average molecular weight is 276 g/mol. The maximum atomic E-state index is 13.1. The van der Waals surface area contributed by atoms with E-state index < -0.39 is 0 Å².